The van der Waals surface area contributed by atoms with Crippen LogP contribution in [0.25, 0.3) is 5.69 Å². The van der Waals surface area contributed by atoms with Crippen LogP contribution in [0.1, 0.15) is 24.6 Å². The van der Waals surface area contributed by atoms with Crippen LogP contribution in [0.3, 0.4) is 0 Å². The highest BCUT2D eigenvalue weighted by atomic mass is 32.1. The Bertz CT molecular complexity index is 614. The van der Waals surface area contributed by atoms with Gasteiger partial charge < -0.3 is 4.57 Å². The number of amides is 1. The predicted molar refractivity (Wildman–Crippen MR) is 74.5 cm³/mol. The van der Waals surface area contributed by atoms with Crippen molar-refractivity contribution < 1.29 is 4.79 Å². The fraction of sp³-hybridized carbons (Fsp3) is 0.308. The summed E-state index contributed by atoms with van der Waals surface area (Å²) in [5.74, 6) is 0.213. The number of imidazole rings is 1. The highest BCUT2D eigenvalue weighted by Gasteiger charge is 2.25. The maximum Gasteiger partial charge on any atom is 0.240 e. The first-order chi connectivity index (χ1) is 9.28. The SMILES string of the molecule is CCC1CC(=O)NN=C1c1cc(-n2ccnc2)cs1. The summed E-state index contributed by atoms with van der Waals surface area (Å²) in [5.41, 5.74) is 4.64. The van der Waals surface area contributed by atoms with Crippen molar-refractivity contribution in [2.75, 3.05) is 0 Å². The van der Waals surface area contributed by atoms with Crippen LogP contribution in [0.5, 0.6) is 0 Å². The first-order valence-corrected chi connectivity index (χ1v) is 7.09. The fourth-order valence-electron chi connectivity index (χ4n) is 2.18. The normalized spacial score (nSPS) is 19.1. The lowest BCUT2D eigenvalue weighted by Gasteiger charge is -2.20. The van der Waals surface area contributed by atoms with Gasteiger partial charge in [-0.15, -0.1) is 11.3 Å². The number of carbonyl (C=O) groups is 1. The second kappa shape index (κ2) is 4.97. The average Bonchev–Trinajstić information content (AvgIpc) is 3.09. The van der Waals surface area contributed by atoms with E-state index in [4.69, 9.17) is 0 Å². The molecule has 0 bridgehead atoms. The van der Waals surface area contributed by atoms with Gasteiger partial charge in [-0.2, -0.15) is 5.10 Å². The molecule has 0 spiro atoms. The van der Waals surface area contributed by atoms with Crippen molar-refractivity contribution in [2.24, 2.45) is 11.0 Å². The summed E-state index contributed by atoms with van der Waals surface area (Å²) in [7, 11) is 0. The molecule has 0 saturated carbocycles. The monoisotopic (exact) mass is 274 g/mol. The quantitative estimate of drug-likeness (QED) is 0.932. The molecule has 98 valence electrons. The zero-order valence-corrected chi connectivity index (χ0v) is 11.4. The molecular weight excluding hydrogens is 260 g/mol. The minimum Gasteiger partial charge on any atom is -0.305 e. The standard InChI is InChI=1S/C13H14N4OS/c1-2-9-5-12(18)15-16-13(9)11-6-10(7-19-11)17-4-3-14-8-17/h3-4,6-9H,2,5H2,1H3,(H,15,18). The van der Waals surface area contributed by atoms with E-state index in [1.165, 1.54) is 0 Å². The molecule has 1 N–H and O–H groups in total. The van der Waals surface area contributed by atoms with Crippen LogP contribution >= 0.6 is 11.3 Å². The topological polar surface area (TPSA) is 59.3 Å². The number of nitrogens with zero attached hydrogens (tertiary/aromatic N) is 3. The number of hydrazone groups is 1. The summed E-state index contributed by atoms with van der Waals surface area (Å²) >= 11 is 1.64. The summed E-state index contributed by atoms with van der Waals surface area (Å²) in [6.07, 6.45) is 6.88. The number of carbonyl (C=O) groups excluding carboxylic acids is 1. The van der Waals surface area contributed by atoms with Crippen LogP contribution in [0.4, 0.5) is 0 Å². The summed E-state index contributed by atoms with van der Waals surface area (Å²) in [5, 5.41) is 6.30. The lowest BCUT2D eigenvalue weighted by Crippen LogP contribution is -2.32. The lowest BCUT2D eigenvalue weighted by molar-refractivity contribution is -0.122. The van der Waals surface area contributed by atoms with Gasteiger partial charge in [-0.3, -0.25) is 4.79 Å². The lowest BCUT2D eigenvalue weighted by atomic mass is 9.94. The van der Waals surface area contributed by atoms with Crippen LogP contribution in [-0.2, 0) is 4.79 Å². The summed E-state index contributed by atoms with van der Waals surface area (Å²) in [4.78, 5) is 16.5. The van der Waals surface area contributed by atoms with Gasteiger partial charge in [-0.05, 0) is 12.5 Å². The largest absolute Gasteiger partial charge is 0.305 e. The minimum atomic E-state index is 0.00184. The predicted octanol–water partition coefficient (Wildman–Crippen LogP) is 2.18. The number of hydrogen-bond donors (Lipinski definition) is 1. The van der Waals surface area contributed by atoms with Gasteiger partial charge >= 0.3 is 0 Å². The van der Waals surface area contributed by atoms with Gasteiger partial charge in [0.2, 0.25) is 5.91 Å². The Hall–Kier alpha value is -1.95. The van der Waals surface area contributed by atoms with Gasteiger partial charge in [0.05, 0.1) is 22.6 Å². The van der Waals surface area contributed by atoms with E-state index in [0.29, 0.717) is 6.42 Å². The third-order valence-electron chi connectivity index (χ3n) is 3.25. The number of nitrogens with one attached hydrogen (secondary N) is 1. The van der Waals surface area contributed by atoms with Crippen LogP contribution in [0.2, 0.25) is 0 Å². The molecule has 1 aliphatic heterocycles. The van der Waals surface area contributed by atoms with Gasteiger partial charge in [-0.1, -0.05) is 6.92 Å². The molecule has 0 saturated heterocycles. The van der Waals surface area contributed by atoms with Crippen LogP contribution in [0.15, 0.2) is 35.3 Å². The Kier molecular flexibility index (Phi) is 3.16. The number of aromatic nitrogens is 2. The maximum absolute atomic E-state index is 11.4. The molecular formula is C13H14N4OS. The van der Waals surface area contributed by atoms with E-state index in [9.17, 15) is 4.79 Å². The molecule has 1 aliphatic rings. The fourth-order valence-corrected chi connectivity index (χ4v) is 3.14. The number of rotatable bonds is 3. The molecule has 6 heteroatoms. The minimum absolute atomic E-state index is 0.00184. The first-order valence-electron chi connectivity index (χ1n) is 6.21. The Morgan fingerprint density at radius 3 is 3.21 bits per heavy atom. The van der Waals surface area contributed by atoms with E-state index in [-0.39, 0.29) is 11.8 Å². The molecule has 1 unspecified atom stereocenters. The van der Waals surface area contributed by atoms with Crippen molar-refractivity contribution in [3.63, 3.8) is 0 Å². The molecule has 3 rings (SSSR count). The van der Waals surface area contributed by atoms with Crippen molar-refractivity contribution in [1.82, 2.24) is 15.0 Å². The van der Waals surface area contributed by atoms with E-state index in [1.807, 2.05) is 10.8 Å². The molecule has 0 fully saturated rings. The Morgan fingerprint density at radius 2 is 2.47 bits per heavy atom. The van der Waals surface area contributed by atoms with Gasteiger partial charge in [-0.25, -0.2) is 10.4 Å². The number of hydrogen-bond acceptors (Lipinski definition) is 4. The molecule has 1 amide bonds. The van der Waals surface area contributed by atoms with E-state index in [1.54, 1.807) is 23.9 Å². The average molecular weight is 274 g/mol. The maximum atomic E-state index is 11.4. The van der Waals surface area contributed by atoms with E-state index < -0.39 is 0 Å². The Balaban J connectivity index is 1.92. The van der Waals surface area contributed by atoms with Gasteiger partial charge in [0.25, 0.3) is 0 Å². The summed E-state index contributed by atoms with van der Waals surface area (Å²) in [6.45, 7) is 2.09. The molecule has 0 radical (unpaired) electrons. The van der Waals surface area contributed by atoms with Crippen molar-refractivity contribution in [2.45, 2.75) is 19.8 Å². The van der Waals surface area contributed by atoms with Crippen LogP contribution in [-0.4, -0.2) is 21.2 Å². The van der Waals surface area contributed by atoms with E-state index in [0.717, 1.165) is 22.7 Å². The van der Waals surface area contributed by atoms with Gasteiger partial charge in [0.1, 0.15) is 0 Å². The highest BCUT2D eigenvalue weighted by molar-refractivity contribution is 7.12. The first kappa shape index (κ1) is 12.1. The van der Waals surface area contributed by atoms with Crippen LogP contribution in [0, 0.1) is 5.92 Å². The van der Waals surface area contributed by atoms with E-state index >= 15 is 0 Å². The molecule has 5 nitrogen and oxygen atoms in total. The molecule has 3 heterocycles. The molecule has 2 aromatic heterocycles. The zero-order chi connectivity index (χ0) is 13.2. The molecule has 2 aromatic rings. The van der Waals surface area contributed by atoms with Crippen LogP contribution < -0.4 is 5.43 Å². The van der Waals surface area contributed by atoms with Crippen molar-refractivity contribution in [3.8, 4) is 5.69 Å². The smallest absolute Gasteiger partial charge is 0.240 e. The number of thiophene rings is 1. The second-order valence-corrected chi connectivity index (χ2v) is 5.39. The molecule has 1 atom stereocenters. The Labute approximate surface area is 115 Å². The third-order valence-corrected chi connectivity index (χ3v) is 4.19. The molecule has 0 aliphatic carbocycles. The second-order valence-electron chi connectivity index (χ2n) is 4.48. The third kappa shape index (κ3) is 2.31. The highest BCUT2D eigenvalue weighted by Crippen LogP contribution is 2.26. The van der Waals surface area contributed by atoms with Crippen molar-refractivity contribution >= 4 is 23.0 Å². The van der Waals surface area contributed by atoms with Gasteiger partial charge in [0, 0.05) is 30.1 Å². The summed E-state index contributed by atoms with van der Waals surface area (Å²) < 4.78 is 1.96. The summed E-state index contributed by atoms with van der Waals surface area (Å²) in [6, 6.07) is 2.09. The van der Waals surface area contributed by atoms with E-state index in [2.05, 4.69) is 33.9 Å². The molecule has 0 aromatic carbocycles. The van der Waals surface area contributed by atoms with Gasteiger partial charge in [0.15, 0.2) is 0 Å². The zero-order valence-electron chi connectivity index (χ0n) is 10.5. The Morgan fingerprint density at radius 1 is 1.58 bits per heavy atom. The van der Waals surface area contributed by atoms with Crippen molar-refractivity contribution in [3.05, 3.63) is 35.0 Å². The van der Waals surface area contributed by atoms with Crippen molar-refractivity contribution in [1.29, 1.82) is 0 Å². The molecule has 19 heavy (non-hydrogen) atoms.